The van der Waals surface area contributed by atoms with Crippen LogP contribution in [0.1, 0.15) is 26.2 Å². The number of amides is 1. The van der Waals surface area contributed by atoms with Gasteiger partial charge in [0, 0.05) is 19.7 Å². The number of hydrogen-bond acceptors (Lipinski definition) is 3. The van der Waals surface area contributed by atoms with Gasteiger partial charge in [-0.05, 0) is 18.8 Å². The minimum absolute atomic E-state index is 0.106. The van der Waals surface area contributed by atoms with Crippen LogP contribution >= 0.6 is 0 Å². The van der Waals surface area contributed by atoms with Crippen molar-refractivity contribution in [3.8, 4) is 0 Å². The summed E-state index contributed by atoms with van der Waals surface area (Å²) >= 11 is 0. The van der Waals surface area contributed by atoms with Gasteiger partial charge in [0.15, 0.2) is 0 Å². The summed E-state index contributed by atoms with van der Waals surface area (Å²) in [6.45, 7) is 3.96. The summed E-state index contributed by atoms with van der Waals surface area (Å²) < 4.78 is 4.87. The summed E-state index contributed by atoms with van der Waals surface area (Å²) in [5, 5.41) is 6.05. The molecule has 0 aromatic carbocycles. The van der Waals surface area contributed by atoms with Gasteiger partial charge in [0.25, 0.3) is 0 Å². The lowest BCUT2D eigenvalue weighted by Crippen LogP contribution is -2.36. The number of hydrogen-bond donors (Lipinski definition) is 2. The molecule has 0 aromatic rings. The largest absolute Gasteiger partial charge is 0.383 e. The molecule has 0 aromatic heterocycles. The molecule has 0 radical (unpaired) electrons. The van der Waals surface area contributed by atoms with Crippen LogP contribution in [0.25, 0.3) is 0 Å². The standard InChI is InChI=1S/C11H22N2O2/c1-3-4-9-7-10(9)13-11(14)8-12-5-6-15-2/h9-10,12H,3-8H2,1-2H3,(H,13,14). The van der Waals surface area contributed by atoms with Gasteiger partial charge in [-0.1, -0.05) is 13.3 Å². The molecule has 1 fully saturated rings. The second-order valence-corrected chi connectivity index (χ2v) is 4.13. The first-order chi connectivity index (χ1) is 7.27. The van der Waals surface area contributed by atoms with E-state index in [1.807, 2.05) is 0 Å². The average Bonchev–Trinajstić information content (AvgIpc) is 2.92. The van der Waals surface area contributed by atoms with E-state index in [2.05, 4.69) is 17.6 Å². The maximum Gasteiger partial charge on any atom is 0.234 e. The topological polar surface area (TPSA) is 50.4 Å². The van der Waals surface area contributed by atoms with Crippen LogP contribution in [0.4, 0.5) is 0 Å². The first-order valence-corrected chi connectivity index (χ1v) is 5.77. The van der Waals surface area contributed by atoms with Crippen molar-refractivity contribution in [2.75, 3.05) is 26.8 Å². The number of rotatable bonds is 8. The molecule has 0 bridgehead atoms. The smallest absolute Gasteiger partial charge is 0.234 e. The molecule has 2 unspecified atom stereocenters. The lowest BCUT2D eigenvalue weighted by atomic mass is 10.2. The van der Waals surface area contributed by atoms with Gasteiger partial charge in [0.1, 0.15) is 0 Å². The number of ether oxygens (including phenoxy) is 1. The van der Waals surface area contributed by atoms with Crippen LogP contribution < -0.4 is 10.6 Å². The van der Waals surface area contributed by atoms with Crippen LogP contribution in [-0.2, 0) is 9.53 Å². The van der Waals surface area contributed by atoms with Crippen LogP contribution in [-0.4, -0.2) is 38.8 Å². The average molecular weight is 214 g/mol. The first-order valence-electron chi connectivity index (χ1n) is 5.77. The molecule has 1 rings (SSSR count). The van der Waals surface area contributed by atoms with E-state index >= 15 is 0 Å². The molecule has 88 valence electrons. The molecular formula is C11H22N2O2. The van der Waals surface area contributed by atoms with Crippen molar-refractivity contribution in [2.45, 2.75) is 32.2 Å². The molecule has 4 heteroatoms. The number of methoxy groups -OCH3 is 1. The summed E-state index contributed by atoms with van der Waals surface area (Å²) in [4.78, 5) is 11.4. The fourth-order valence-corrected chi connectivity index (χ4v) is 1.75. The minimum atomic E-state index is 0.106. The van der Waals surface area contributed by atoms with Gasteiger partial charge >= 0.3 is 0 Å². The Bertz CT molecular complexity index is 197. The third kappa shape index (κ3) is 5.14. The van der Waals surface area contributed by atoms with Crippen molar-refractivity contribution < 1.29 is 9.53 Å². The molecule has 0 spiro atoms. The Balaban J connectivity index is 1.95. The molecule has 15 heavy (non-hydrogen) atoms. The Hall–Kier alpha value is -0.610. The van der Waals surface area contributed by atoms with Gasteiger partial charge in [-0.2, -0.15) is 0 Å². The Morgan fingerprint density at radius 3 is 3.00 bits per heavy atom. The highest BCUT2D eigenvalue weighted by Crippen LogP contribution is 2.34. The minimum Gasteiger partial charge on any atom is -0.383 e. The maximum atomic E-state index is 11.4. The summed E-state index contributed by atoms with van der Waals surface area (Å²) in [7, 11) is 1.65. The molecule has 0 heterocycles. The third-order valence-electron chi connectivity index (χ3n) is 2.70. The van der Waals surface area contributed by atoms with Crippen LogP contribution in [0, 0.1) is 5.92 Å². The molecule has 1 aliphatic rings. The van der Waals surface area contributed by atoms with Crippen molar-refractivity contribution in [2.24, 2.45) is 5.92 Å². The number of carbonyl (C=O) groups is 1. The molecule has 0 saturated heterocycles. The fraction of sp³-hybridized carbons (Fsp3) is 0.909. The van der Waals surface area contributed by atoms with Crippen molar-refractivity contribution in [3.63, 3.8) is 0 Å². The molecule has 2 atom stereocenters. The van der Waals surface area contributed by atoms with Crippen LogP contribution in [0.5, 0.6) is 0 Å². The molecule has 2 N–H and O–H groups in total. The van der Waals surface area contributed by atoms with Crippen molar-refractivity contribution in [1.82, 2.24) is 10.6 Å². The lowest BCUT2D eigenvalue weighted by Gasteiger charge is -2.05. The van der Waals surface area contributed by atoms with E-state index in [-0.39, 0.29) is 5.91 Å². The zero-order valence-corrected chi connectivity index (χ0v) is 9.71. The van der Waals surface area contributed by atoms with Gasteiger partial charge < -0.3 is 15.4 Å². The maximum absolute atomic E-state index is 11.4. The third-order valence-corrected chi connectivity index (χ3v) is 2.70. The van der Waals surface area contributed by atoms with Crippen LogP contribution in [0.15, 0.2) is 0 Å². The second kappa shape index (κ2) is 6.80. The SMILES string of the molecule is CCCC1CC1NC(=O)CNCCOC. The Labute approximate surface area is 91.8 Å². The predicted molar refractivity (Wildman–Crippen MR) is 59.7 cm³/mol. The molecular weight excluding hydrogens is 192 g/mol. The van der Waals surface area contributed by atoms with E-state index < -0.39 is 0 Å². The van der Waals surface area contributed by atoms with E-state index in [0.29, 0.717) is 19.2 Å². The summed E-state index contributed by atoms with van der Waals surface area (Å²) in [6, 6.07) is 0.446. The van der Waals surface area contributed by atoms with Gasteiger partial charge in [0.05, 0.1) is 13.2 Å². The Morgan fingerprint density at radius 1 is 1.53 bits per heavy atom. The van der Waals surface area contributed by atoms with E-state index in [4.69, 9.17) is 4.74 Å². The monoisotopic (exact) mass is 214 g/mol. The summed E-state index contributed by atoms with van der Waals surface area (Å²) in [6.07, 6.45) is 3.61. The van der Waals surface area contributed by atoms with Crippen molar-refractivity contribution >= 4 is 5.91 Å². The van der Waals surface area contributed by atoms with Crippen LogP contribution in [0.3, 0.4) is 0 Å². The Kier molecular flexibility index (Phi) is 5.65. The molecule has 4 nitrogen and oxygen atoms in total. The number of nitrogens with one attached hydrogen (secondary N) is 2. The van der Waals surface area contributed by atoms with Crippen molar-refractivity contribution in [3.05, 3.63) is 0 Å². The zero-order valence-electron chi connectivity index (χ0n) is 9.71. The summed E-state index contributed by atoms with van der Waals surface area (Å²) in [5.41, 5.74) is 0. The summed E-state index contributed by atoms with van der Waals surface area (Å²) in [5.74, 6) is 0.840. The predicted octanol–water partition coefficient (Wildman–Crippen LogP) is 0.527. The molecule has 0 aliphatic heterocycles. The van der Waals surface area contributed by atoms with E-state index in [1.165, 1.54) is 12.8 Å². The Morgan fingerprint density at radius 2 is 2.33 bits per heavy atom. The van der Waals surface area contributed by atoms with Gasteiger partial charge in [-0.25, -0.2) is 0 Å². The highest BCUT2D eigenvalue weighted by molar-refractivity contribution is 5.78. The molecule has 1 amide bonds. The quantitative estimate of drug-likeness (QED) is 0.579. The molecule has 1 saturated carbocycles. The van der Waals surface area contributed by atoms with Crippen molar-refractivity contribution in [1.29, 1.82) is 0 Å². The zero-order chi connectivity index (χ0) is 11.1. The number of carbonyl (C=O) groups excluding carboxylic acids is 1. The van der Waals surface area contributed by atoms with E-state index in [9.17, 15) is 4.79 Å². The molecule has 1 aliphatic carbocycles. The van der Waals surface area contributed by atoms with Gasteiger partial charge in [-0.3, -0.25) is 4.79 Å². The normalized spacial score (nSPS) is 23.9. The highest BCUT2D eigenvalue weighted by atomic mass is 16.5. The fourth-order valence-electron chi connectivity index (χ4n) is 1.75. The lowest BCUT2D eigenvalue weighted by molar-refractivity contribution is -0.120. The van der Waals surface area contributed by atoms with Gasteiger partial charge in [0.2, 0.25) is 5.91 Å². The first kappa shape index (κ1) is 12.5. The van der Waals surface area contributed by atoms with Gasteiger partial charge in [-0.15, -0.1) is 0 Å². The van der Waals surface area contributed by atoms with E-state index in [0.717, 1.165) is 18.9 Å². The van der Waals surface area contributed by atoms with E-state index in [1.54, 1.807) is 7.11 Å². The highest BCUT2D eigenvalue weighted by Gasteiger charge is 2.36. The second-order valence-electron chi connectivity index (χ2n) is 4.13. The van der Waals surface area contributed by atoms with Crippen LogP contribution in [0.2, 0.25) is 0 Å².